The highest BCUT2D eigenvalue weighted by atomic mass is 16.5. The van der Waals surface area contributed by atoms with Crippen molar-refractivity contribution in [3.63, 3.8) is 0 Å². The molecule has 5 heterocycles. The highest BCUT2D eigenvalue weighted by molar-refractivity contribution is 5.87. The summed E-state index contributed by atoms with van der Waals surface area (Å²) in [6.45, 7) is 0.913. The second-order valence-electron chi connectivity index (χ2n) is 12.4. The molecule has 0 fully saturated rings. The lowest BCUT2D eigenvalue weighted by Gasteiger charge is -2.47. The van der Waals surface area contributed by atoms with Gasteiger partial charge in [-0.2, -0.15) is 0 Å². The first-order valence-electron chi connectivity index (χ1n) is 14.6. The lowest BCUT2D eigenvalue weighted by Crippen LogP contribution is -2.81. The third-order valence-corrected chi connectivity index (χ3v) is 11.0. The maximum atomic E-state index is 6.29. The van der Waals surface area contributed by atoms with Crippen LogP contribution in [0.4, 0.5) is 0 Å². The van der Waals surface area contributed by atoms with Crippen LogP contribution >= 0.6 is 0 Å². The van der Waals surface area contributed by atoms with E-state index in [1.165, 1.54) is 72.6 Å². The van der Waals surface area contributed by atoms with Gasteiger partial charge >= 0.3 is 5.82 Å². The Kier molecular flexibility index (Phi) is 3.08. The van der Waals surface area contributed by atoms with Crippen LogP contribution in [0.1, 0.15) is 67.4 Å². The molecule has 3 aliphatic carbocycles. The summed E-state index contributed by atoms with van der Waals surface area (Å²) < 4.78 is 17.7. The average molecular weight is 533 g/mol. The number of benzene rings is 4. The van der Waals surface area contributed by atoms with Crippen LogP contribution in [0.25, 0.3) is 11.1 Å². The standard InChI is InChI=1S/C35H24N4O2/c1-4-18-14-20-8-10-22-23-11-9-21-15-19-5-2-7-25-30(19)35(37-17-41-25)32(21)27(23)28-26(22)31(20)34(29(18)24(6-1)40-16-36-34)38-12-3-13-39(35)33(28)38/h1-13,28,36-37H,14-17H2/q+2. The second-order valence-corrected chi connectivity index (χ2v) is 12.4. The van der Waals surface area contributed by atoms with Gasteiger partial charge in [-0.3, -0.25) is 0 Å². The molecule has 194 valence electrons. The number of ether oxygens (including phenoxy) is 2. The van der Waals surface area contributed by atoms with Gasteiger partial charge in [0.2, 0.25) is 0 Å². The average Bonchev–Trinajstić information content (AvgIpc) is 3.35. The van der Waals surface area contributed by atoms with Gasteiger partial charge in [-0.05, 0) is 69.5 Å². The minimum absolute atomic E-state index is 0.166. The van der Waals surface area contributed by atoms with E-state index < -0.39 is 11.3 Å². The molecule has 2 atom stereocenters. The fourth-order valence-corrected chi connectivity index (χ4v) is 9.89. The Balaban J connectivity index is 1.34. The molecule has 2 N–H and O–H groups in total. The number of rotatable bonds is 0. The predicted octanol–water partition coefficient (Wildman–Crippen LogP) is 3.24. The first kappa shape index (κ1) is 20.4. The second kappa shape index (κ2) is 6.20. The number of aromatic nitrogens is 2. The summed E-state index contributed by atoms with van der Waals surface area (Å²) in [5.74, 6) is 3.44. The van der Waals surface area contributed by atoms with Crippen molar-refractivity contribution in [1.29, 1.82) is 0 Å². The summed E-state index contributed by atoms with van der Waals surface area (Å²) in [7, 11) is 0. The highest BCUT2D eigenvalue weighted by Gasteiger charge is 2.70. The van der Waals surface area contributed by atoms with Crippen LogP contribution in [0.3, 0.4) is 0 Å². The van der Waals surface area contributed by atoms with Gasteiger partial charge in [0, 0.05) is 0 Å². The minimum Gasteiger partial charge on any atom is -0.477 e. The third-order valence-electron chi connectivity index (χ3n) is 11.0. The molecule has 12 rings (SSSR count). The largest absolute Gasteiger partial charge is 0.477 e. The first-order valence-corrected chi connectivity index (χ1v) is 14.6. The van der Waals surface area contributed by atoms with Crippen molar-refractivity contribution in [3.8, 4) is 22.6 Å². The molecular weight excluding hydrogens is 508 g/mol. The van der Waals surface area contributed by atoms with Gasteiger partial charge < -0.3 is 9.47 Å². The summed E-state index contributed by atoms with van der Waals surface area (Å²) in [4.78, 5) is 0. The number of nitrogens with one attached hydrogen (secondary N) is 2. The monoisotopic (exact) mass is 532 g/mol. The van der Waals surface area contributed by atoms with Gasteiger partial charge in [0.15, 0.2) is 18.3 Å². The molecule has 1 aromatic heterocycles. The Hall–Kier alpha value is -4.52. The van der Waals surface area contributed by atoms with Crippen LogP contribution in [0.2, 0.25) is 0 Å². The van der Waals surface area contributed by atoms with Crippen LogP contribution in [0, 0.1) is 0 Å². The number of fused-ring (bicyclic) bond motifs is 1. The zero-order chi connectivity index (χ0) is 26.2. The van der Waals surface area contributed by atoms with E-state index in [-0.39, 0.29) is 5.92 Å². The zero-order valence-corrected chi connectivity index (χ0v) is 22.1. The summed E-state index contributed by atoms with van der Waals surface area (Å²) in [5, 5.41) is 7.90. The van der Waals surface area contributed by atoms with Gasteiger partial charge in [0.25, 0.3) is 11.3 Å². The molecule has 6 heteroatoms. The van der Waals surface area contributed by atoms with Crippen LogP contribution in [0.5, 0.6) is 11.5 Å². The summed E-state index contributed by atoms with van der Waals surface area (Å²) in [6, 6.07) is 25.0. The van der Waals surface area contributed by atoms with E-state index in [1.54, 1.807) is 0 Å². The van der Waals surface area contributed by atoms with Gasteiger partial charge in [0.05, 0.1) is 28.3 Å². The van der Waals surface area contributed by atoms with E-state index in [0.717, 1.165) is 24.3 Å². The predicted molar refractivity (Wildman–Crippen MR) is 148 cm³/mol. The smallest absolute Gasteiger partial charge is 0.434 e. The van der Waals surface area contributed by atoms with Crippen molar-refractivity contribution in [2.75, 3.05) is 13.5 Å². The fraction of sp³-hybridized carbons (Fsp3) is 0.200. The zero-order valence-electron chi connectivity index (χ0n) is 22.1. The first-order chi connectivity index (χ1) is 20.3. The molecule has 5 aromatic rings. The highest BCUT2D eigenvalue weighted by Crippen LogP contribution is 2.62. The number of hydrogen-bond acceptors (Lipinski definition) is 4. The minimum atomic E-state index is -0.543. The molecule has 0 radical (unpaired) electrons. The molecular formula is C35H24N4O2+2. The van der Waals surface area contributed by atoms with Crippen molar-refractivity contribution in [2.45, 2.75) is 30.1 Å². The summed E-state index contributed by atoms with van der Waals surface area (Å²) in [5.41, 5.74) is 15.5. The third kappa shape index (κ3) is 1.88. The molecule has 6 nitrogen and oxygen atoms in total. The summed E-state index contributed by atoms with van der Waals surface area (Å²) in [6.07, 6.45) is 6.44. The fourth-order valence-electron chi connectivity index (χ4n) is 9.89. The van der Waals surface area contributed by atoms with Gasteiger partial charge in [0.1, 0.15) is 25.0 Å². The van der Waals surface area contributed by atoms with Crippen LogP contribution in [0.15, 0.2) is 79.1 Å². The Morgan fingerprint density at radius 1 is 0.585 bits per heavy atom. The SMILES string of the molecule is c1cc2c3c(c1)OCNC31c3c(ccc4c3C3c5c-4ccc4c5C5(NCOc6cccc(c65)C4)[n+]4ccc[n+]1c43)C2. The van der Waals surface area contributed by atoms with Crippen molar-refractivity contribution in [1.82, 2.24) is 10.6 Å². The van der Waals surface area contributed by atoms with E-state index in [2.05, 4.69) is 98.9 Å². The Labute approximate surface area is 235 Å². The molecule has 2 unspecified atom stereocenters. The molecule has 0 bridgehead atoms. The molecule has 4 aromatic carbocycles. The molecule has 0 saturated carbocycles. The lowest BCUT2D eigenvalue weighted by molar-refractivity contribution is -0.887. The van der Waals surface area contributed by atoms with Crippen LogP contribution in [-0.2, 0) is 24.2 Å². The van der Waals surface area contributed by atoms with Gasteiger partial charge in [-0.1, -0.05) is 48.5 Å². The van der Waals surface area contributed by atoms with E-state index in [0.29, 0.717) is 13.5 Å². The molecule has 0 saturated heterocycles. The van der Waals surface area contributed by atoms with Gasteiger partial charge in [-0.25, -0.2) is 10.6 Å². The van der Waals surface area contributed by atoms with Crippen LogP contribution in [-0.4, -0.2) is 13.5 Å². The number of nitrogens with zero attached hydrogens (tertiary/aromatic N) is 2. The maximum absolute atomic E-state index is 6.29. The van der Waals surface area contributed by atoms with Crippen molar-refractivity contribution in [2.24, 2.45) is 0 Å². The van der Waals surface area contributed by atoms with E-state index >= 15 is 0 Å². The summed E-state index contributed by atoms with van der Waals surface area (Å²) >= 11 is 0. The molecule has 4 aliphatic heterocycles. The topological polar surface area (TPSA) is 50.3 Å². The maximum Gasteiger partial charge on any atom is 0.434 e. The Bertz CT molecular complexity index is 2010. The van der Waals surface area contributed by atoms with Crippen molar-refractivity contribution >= 4 is 0 Å². The Morgan fingerprint density at radius 2 is 1.10 bits per heavy atom. The van der Waals surface area contributed by atoms with E-state index in [1.807, 2.05) is 0 Å². The quantitative estimate of drug-likeness (QED) is 0.295. The number of hydrogen-bond donors (Lipinski definition) is 2. The molecule has 2 spiro atoms. The lowest BCUT2D eigenvalue weighted by atomic mass is 9.66. The van der Waals surface area contributed by atoms with E-state index in [4.69, 9.17) is 9.47 Å². The van der Waals surface area contributed by atoms with Crippen LogP contribution < -0.4 is 29.2 Å². The molecule has 7 aliphatic rings. The molecule has 0 amide bonds. The van der Waals surface area contributed by atoms with Crippen molar-refractivity contribution < 1.29 is 18.6 Å². The Morgan fingerprint density at radius 3 is 1.63 bits per heavy atom. The van der Waals surface area contributed by atoms with E-state index in [9.17, 15) is 0 Å². The normalized spacial score (nSPS) is 26.3. The molecule has 41 heavy (non-hydrogen) atoms. The van der Waals surface area contributed by atoms with Gasteiger partial charge in [-0.15, -0.1) is 9.13 Å². The van der Waals surface area contributed by atoms with Crippen molar-refractivity contribution in [3.05, 3.63) is 141 Å².